The third-order valence-corrected chi connectivity index (χ3v) is 4.00. The molecule has 26 heavy (non-hydrogen) atoms. The maximum Gasteiger partial charge on any atom is 0.280 e. The zero-order chi connectivity index (χ0) is 18.9. The van der Waals surface area contributed by atoms with Crippen LogP contribution in [-0.2, 0) is 5.41 Å². The number of rotatable bonds is 3. The number of carbonyl (C=O) groups is 1. The van der Waals surface area contributed by atoms with Gasteiger partial charge in [-0.15, -0.1) is 0 Å². The number of aryl methyl sites for hydroxylation is 1. The number of pyridine rings is 1. The molecule has 134 valence electrons. The van der Waals surface area contributed by atoms with Crippen LogP contribution in [0.5, 0.6) is 0 Å². The van der Waals surface area contributed by atoms with Gasteiger partial charge in [0.2, 0.25) is 17.3 Å². The molecule has 0 saturated heterocycles. The van der Waals surface area contributed by atoms with Crippen molar-refractivity contribution in [2.45, 2.75) is 33.1 Å². The van der Waals surface area contributed by atoms with Crippen molar-refractivity contribution in [1.82, 2.24) is 10.1 Å². The second kappa shape index (κ2) is 6.71. The maximum absolute atomic E-state index is 14.6. The monoisotopic (exact) mass is 353 g/mol. The standard InChI is InChI=1S/C20H20FN3O2/c1-12-9-13(11-22-10-12)18-16(21)17(24-26-18)19(25)23-15-7-5-14(6-8-15)20(2,3)4/h5-11H,1-4H3,(H,23,25). The third kappa shape index (κ3) is 3.64. The first-order chi connectivity index (χ1) is 12.3. The van der Waals surface area contributed by atoms with Gasteiger partial charge in [0, 0.05) is 23.6 Å². The number of anilines is 1. The molecule has 3 rings (SSSR count). The van der Waals surface area contributed by atoms with E-state index in [-0.39, 0.29) is 16.9 Å². The second-order valence-corrected chi connectivity index (χ2v) is 7.21. The van der Waals surface area contributed by atoms with Crippen molar-refractivity contribution in [2.24, 2.45) is 0 Å². The van der Waals surface area contributed by atoms with Crippen molar-refractivity contribution in [3.63, 3.8) is 0 Å². The van der Waals surface area contributed by atoms with E-state index in [4.69, 9.17) is 4.52 Å². The SMILES string of the molecule is Cc1cncc(-c2onc(C(=O)Nc3ccc(C(C)(C)C)cc3)c2F)c1. The van der Waals surface area contributed by atoms with Crippen LogP contribution in [0.2, 0.25) is 0 Å². The van der Waals surface area contributed by atoms with Crippen LogP contribution >= 0.6 is 0 Å². The average molecular weight is 353 g/mol. The van der Waals surface area contributed by atoms with Gasteiger partial charge in [-0.05, 0) is 41.7 Å². The Morgan fingerprint density at radius 2 is 1.85 bits per heavy atom. The fraction of sp³-hybridized carbons (Fsp3) is 0.250. The minimum Gasteiger partial charge on any atom is -0.352 e. The van der Waals surface area contributed by atoms with Crippen molar-refractivity contribution in [3.8, 4) is 11.3 Å². The molecule has 0 spiro atoms. The highest BCUT2D eigenvalue weighted by Gasteiger charge is 2.24. The highest BCUT2D eigenvalue weighted by molar-refractivity contribution is 6.03. The minimum atomic E-state index is -0.804. The smallest absolute Gasteiger partial charge is 0.280 e. The minimum absolute atomic E-state index is 0.0114. The predicted octanol–water partition coefficient (Wildman–Crippen LogP) is 4.73. The van der Waals surface area contributed by atoms with E-state index in [1.807, 2.05) is 19.1 Å². The van der Waals surface area contributed by atoms with Crippen LogP contribution in [0.4, 0.5) is 10.1 Å². The number of halogens is 1. The molecule has 0 saturated carbocycles. The van der Waals surface area contributed by atoms with E-state index in [0.717, 1.165) is 11.1 Å². The molecule has 5 nitrogen and oxygen atoms in total. The highest BCUT2D eigenvalue weighted by Crippen LogP contribution is 2.26. The molecular formula is C20H20FN3O2. The van der Waals surface area contributed by atoms with Crippen molar-refractivity contribution in [3.05, 3.63) is 65.4 Å². The summed E-state index contributed by atoms with van der Waals surface area (Å²) in [5.74, 6) is -1.57. The van der Waals surface area contributed by atoms with E-state index in [1.165, 1.54) is 6.20 Å². The number of hydrogen-bond acceptors (Lipinski definition) is 4. The number of benzene rings is 1. The van der Waals surface area contributed by atoms with Crippen LogP contribution in [-0.4, -0.2) is 16.0 Å². The van der Waals surface area contributed by atoms with Gasteiger partial charge in [0.1, 0.15) is 0 Å². The fourth-order valence-corrected chi connectivity index (χ4v) is 2.52. The number of aromatic nitrogens is 2. The lowest BCUT2D eigenvalue weighted by molar-refractivity contribution is 0.101. The van der Waals surface area contributed by atoms with E-state index in [0.29, 0.717) is 11.3 Å². The number of nitrogens with zero attached hydrogens (tertiary/aromatic N) is 2. The Bertz CT molecular complexity index is 940. The Morgan fingerprint density at radius 1 is 1.15 bits per heavy atom. The second-order valence-electron chi connectivity index (χ2n) is 7.21. The van der Waals surface area contributed by atoms with Gasteiger partial charge in [-0.3, -0.25) is 9.78 Å². The summed E-state index contributed by atoms with van der Waals surface area (Å²) in [6.45, 7) is 8.15. The van der Waals surface area contributed by atoms with Crippen molar-refractivity contribution >= 4 is 11.6 Å². The summed E-state index contributed by atoms with van der Waals surface area (Å²) in [4.78, 5) is 16.3. The van der Waals surface area contributed by atoms with Gasteiger partial charge in [-0.25, -0.2) is 0 Å². The summed E-state index contributed by atoms with van der Waals surface area (Å²) >= 11 is 0. The molecule has 2 heterocycles. The van der Waals surface area contributed by atoms with E-state index < -0.39 is 11.7 Å². The molecule has 1 N–H and O–H groups in total. The molecule has 0 radical (unpaired) electrons. The molecule has 1 amide bonds. The highest BCUT2D eigenvalue weighted by atomic mass is 19.1. The number of nitrogens with one attached hydrogen (secondary N) is 1. The molecule has 3 aromatic rings. The van der Waals surface area contributed by atoms with Crippen LogP contribution in [0.25, 0.3) is 11.3 Å². The number of hydrogen-bond donors (Lipinski definition) is 1. The van der Waals surface area contributed by atoms with Crippen molar-refractivity contribution in [2.75, 3.05) is 5.32 Å². The third-order valence-electron chi connectivity index (χ3n) is 4.00. The predicted molar refractivity (Wildman–Crippen MR) is 97.5 cm³/mol. The van der Waals surface area contributed by atoms with Gasteiger partial charge < -0.3 is 9.84 Å². The quantitative estimate of drug-likeness (QED) is 0.739. The Balaban J connectivity index is 1.81. The molecule has 0 unspecified atom stereocenters. The molecule has 0 atom stereocenters. The summed E-state index contributed by atoms with van der Waals surface area (Å²) in [6.07, 6.45) is 3.11. The summed E-state index contributed by atoms with van der Waals surface area (Å²) in [5.41, 5.74) is 2.60. The summed E-state index contributed by atoms with van der Waals surface area (Å²) in [6, 6.07) is 9.13. The largest absolute Gasteiger partial charge is 0.352 e. The molecule has 0 aliphatic carbocycles. The lowest BCUT2D eigenvalue weighted by Gasteiger charge is -2.19. The zero-order valence-corrected chi connectivity index (χ0v) is 15.1. The molecule has 0 bridgehead atoms. The Morgan fingerprint density at radius 3 is 2.46 bits per heavy atom. The molecule has 6 heteroatoms. The van der Waals surface area contributed by atoms with Crippen LogP contribution in [0.1, 0.15) is 42.4 Å². The molecule has 0 aliphatic heterocycles. The van der Waals surface area contributed by atoms with Crippen LogP contribution < -0.4 is 5.32 Å². The van der Waals surface area contributed by atoms with E-state index in [2.05, 4.69) is 36.2 Å². The molecule has 0 aliphatic rings. The average Bonchev–Trinajstić information content (AvgIpc) is 2.96. The normalized spacial score (nSPS) is 11.4. The summed E-state index contributed by atoms with van der Waals surface area (Å²) < 4.78 is 19.6. The number of carbonyl (C=O) groups excluding carboxylic acids is 1. The van der Waals surface area contributed by atoms with Gasteiger partial charge in [0.05, 0.1) is 0 Å². The van der Waals surface area contributed by atoms with Crippen LogP contribution in [0, 0.1) is 12.7 Å². The molecular weight excluding hydrogens is 333 g/mol. The first kappa shape index (κ1) is 17.8. The molecule has 0 fully saturated rings. The van der Waals surface area contributed by atoms with Gasteiger partial charge in [0.25, 0.3) is 5.91 Å². The maximum atomic E-state index is 14.6. The molecule has 2 aromatic heterocycles. The fourth-order valence-electron chi connectivity index (χ4n) is 2.52. The summed E-state index contributed by atoms with van der Waals surface area (Å²) in [5, 5.41) is 6.22. The van der Waals surface area contributed by atoms with Crippen LogP contribution in [0.3, 0.4) is 0 Å². The Kier molecular flexibility index (Phi) is 4.59. The lowest BCUT2D eigenvalue weighted by Crippen LogP contribution is -2.15. The van der Waals surface area contributed by atoms with Gasteiger partial charge in [-0.1, -0.05) is 38.1 Å². The first-order valence-corrected chi connectivity index (χ1v) is 8.25. The van der Waals surface area contributed by atoms with E-state index in [1.54, 1.807) is 24.4 Å². The first-order valence-electron chi connectivity index (χ1n) is 8.25. The topological polar surface area (TPSA) is 68.0 Å². The zero-order valence-electron chi connectivity index (χ0n) is 15.1. The van der Waals surface area contributed by atoms with Gasteiger partial charge >= 0.3 is 0 Å². The van der Waals surface area contributed by atoms with E-state index in [9.17, 15) is 9.18 Å². The van der Waals surface area contributed by atoms with Crippen molar-refractivity contribution in [1.29, 1.82) is 0 Å². The van der Waals surface area contributed by atoms with Gasteiger partial charge in [-0.2, -0.15) is 4.39 Å². The Labute approximate surface area is 151 Å². The van der Waals surface area contributed by atoms with Crippen LogP contribution in [0.15, 0.2) is 47.2 Å². The van der Waals surface area contributed by atoms with E-state index >= 15 is 0 Å². The van der Waals surface area contributed by atoms with Gasteiger partial charge in [0.15, 0.2) is 0 Å². The lowest BCUT2D eigenvalue weighted by atomic mass is 9.87. The Hall–Kier alpha value is -3.02. The number of amides is 1. The summed E-state index contributed by atoms with van der Waals surface area (Å²) in [7, 11) is 0. The van der Waals surface area contributed by atoms with Crippen molar-refractivity contribution < 1.29 is 13.7 Å². The molecule has 1 aromatic carbocycles.